The highest BCUT2D eigenvalue weighted by Gasteiger charge is 2.39. The van der Waals surface area contributed by atoms with E-state index < -0.39 is 9.84 Å². The van der Waals surface area contributed by atoms with Crippen LogP contribution in [0.3, 0.4) is 0 Å². The molecule has 0 aromatic heterocycles. The summed E-state index contributed by atoms with van der Waals surface area (Å²) >= 11 is 3.35. The van der Waals surface area contributed by atoms with E-state index in [2.05, 4.69) is 20.8 Å². The Bertz CT molecular complexity index is 578. The van der Waals surface area contributed by atoms with E-state index in [9.17, 15) is 8.42 Å². The lowest BCUT2D eigenvalue weighted by Crippen LogP contribution is -2.48. The van der Waals surface area contributed by atoms with E-state index in [4.69, 9.17) is 0 Å². The number of fused-ring (bicyclic) bond motifs is 3. The van der Waals surface area contributed by atoms with Gasteiger partial charge in [0.15, 0.2) is 9.84 Å². The zero-order chi connectivity index (χ0) is 14.2. The highest BCUT2D eigenvalue weighted by molar-refractivity contribution is 9.10. The number of benzene rings is 1. The van der Waals surface area contributed by atoms with Crippen molar-refractivity contribution in [1.29, 1.82) is 0 Å². The molecular weight excluding hydrogens is 338 g/mol. The summed E-state index contributed by atoms with van der Waals surface area (Å²) in [5.41, 5.74) is 0.281. The van der Waals surface area contributed by atoms with E-state index in [0.29, 0.717) is 9.37 Å². The maximum atomic E-state index is 12.5. The van der Waals surface area contributed by atoms with Crippen LogP contribution in [0.5, 0.6) is 0 Å². The first-order chi connectivity index (χ1) is 9.51. The van der Waals surface area contributed by atoms with Gasteiger partial charge in [0.25, 0.3) is 0 Å². The summed E-state index contributed by atoms with van der Waals surface area (Å²) in [6.45, 7) is 3.44. The molecule has 0 atom stereocenters. The molecule has 3 aliphatic rings. The van der Waals surface area contributed by atoms with Crippen molar-refractivity contribution in [1.82, 2.24) is 4.90 Å². The number of nitrogens with zero attached hydrogens (tertiary/aromatic N) is 1. The largest absolute Gasteiger partial charge is 0.303 e. The Morgan fingerprint density at radius 2 is 1.70 bits per heavy atom. The highest BCUT2D eigenvalue weighted by atomic mass is 79.9. The van der Waals surface area contributed by atoms with Gasteiger partial charge in [-0.3, -0.25) is 0 Å². The van der Waals surface area contributed by atoms with Crippen LogP contribution in [0.2, 0.25) is 0 Å². The van der Waals surface area contributed by atoms with E-state index in [-0.39, 0.29) is 11.2 Å². The molecule has 3 nitrogen and oxygen atoms in total. The topological polar surface area (TPSA) is 37.4 Å². The molecule has 3 saturated heterocycles. The van der Waals surface area contributed by atoms with Gasteiger partial charge in [0.1, 0.15) is 0 Å². The minimum atomic E-state index is -3.18. The van der Waals surface area contributed by atoms with Crippen LogP contribution in [0.1, 0.15) is 25.7 Å². The molecule has 0 N–H and O–H groups in total. The molecule has 110 valence electrons. The number of hydrogen-bond acceptors (Lipinski definition) is 3. The van der Waals surface area contributed by atoms with Crippen LogP contribution in [0, 0.1) is 5.41 Å². The van der Waals surface area contributed by atoms with Crippen molar-refractivity contribution >= 4 is 25.8 Å². The summed E-state index contributed by atoms with van der Waals surface area (Å²) < 4.78 is 25.7. The van der Waals surface area contributed by atoms with Crippen molar-refractivity contribution < 1.29 is 8.42 Å². The molecule has 2 bridgehead atoms. The summed E-state index contributed by atoms with van der Waals surface area (Å²) in [6.07, 6.45) is 4.31. The molecule has 1 aromatic rings. The first kappa shape index (κ1) is 14.5. The van der Waals surface area contributed by atoms with Gasteiger partial charge >= 0.3 is 0 Å². The SMILES string of the molecule is O=S(=O)(CCC12CCN(CC1)CC2)c1ccccc1Br. The van der Waals surface area contributed by atoms with Crippen molar-refractivity contribution in [2.24, 2.45) is 5.41 Å². The van der Waals surface area contributed by atoms with Crippen molar-refractivity contribution in [2.45, 2.75) is 30.6 Å². The van der Waals surface area contributed by atoms with Crippen LogP contribution in [-0.4, -0.2) is 38.7 Å². The third kappa shape index (κ3) is 2.81. The van der Waals surface area contributed by atoms with Crippen LogP contribution in [0.4, 0.5) is 0 Å². The number of hydrogen-bond donors (Lipinski definition) is 0. The zero-order valence-corrected chi connectivity index (χ0v) is 13.9. The van der Waals surface area contributed by atoms with Gasteiger partial charge in [-0.05, 0) is 78.8 Å². The first-order valence-corrected chi connectivity index (χ1v) is 9.65. The minimum absolute atomic E-state index is 0.273. The lowest BCUT2D eigenvalue weighted by atomic mass is 9.70. The van der Waals surface area contributed by atoms with Gasteiger partial charge in [0, 0.05) is 4.47 Å². The Morgan fingerprint density at radius 1 is 1.10 bits per heavy atom. The van der Waals surface area contributed by atoms with Gasteiger partial charge in [-0.1, -0.05) is 12.1 Å². The number of piperidine rings is 3. The molecule has 3 heterocycles. The summed E-state index contributed by atoms with van der Waals surface area (Å²) in [5, 5.41) is 0. The van der Waals surface area contributed by atoms with E-state index in [1.807, 2.05) is 6.07 Å². The predicted molar refractivity (Wildman–Crippen MR) is 83.5 cm³/mol. The average Bonchev–Trinajstić information content (AvgIpc) is 2.48. The van der Waals surface area contributed by atoms with Gasteiger partial charge in [0.2, 0.25) is 0 Å². The van der Waals surface area contributed by atoms with E-state index in [0.717, 1.165) is 26.1 Å². The maximum Gasteiger partial charge on any atom is 0.179 e. The normalized spacial score (nSPS) is 29.6. The summed E-state index contributed by atoms with van der Waals surface area (Å²) in [6, 6.07) is 7.12. The number of halogens is 1. The van der Waals surface area contributed by atoms with Gasteiger partial charge in [-0.15, -0.1) is 0 Å². The molecule has 0 radical (unpaired) electrons. The lowest BCUT2D eigenvalue weighted by Gasteiger charge is -2.48. The monoisotopic (exact) mass is 357 g/mol. The van der Waals surface area contributed by atoms with Crippen molar-refractivity contribution in [3.63, 3.8) is 0 Å². The molecule has 1 aromatic carbocycles. The molecule has 5 heteroatoms. The van der Waals surface area contributed by atoms with E-state index in [1.165, 1.54) is 19.3 Å². The van der Waals surface area contributed by atoms with Gasteiger partial charge in [-0.2, -0.15) is 0 Å². The second-order valence-electron chi connectivity index (χ2n) is 6.09. The van der Waals surface area contributed by atoms with Gasteiger partial charge in [-0.25, -0.2) is 8.42 Å². The molecule has 0 spiro atoms. The summed E-state index contributed by atoms with van der Waals surface area (Å²) in [4.78, 5) is 2.92. The van der Waals surface area contributed by atoms with Gasteiger partial charge < -0.3 is 4.90 Å². The Labute approximate surface area is 129 Å². The standard InChI is InChI=1S/C15H20BrNO2S/c16-13-3-1-2-4-14(13)20(18,19)12-8-15-5-9-17(10-6-15)11-7-15/h1-4H,5-12H2. The fourth-order valence-corrected chi connectivity index (χ4v) is 6.03. The fourth-order valence-electron chi connectivity index (χ4n) is 3.43. The Balaban J connectivity index is 1.73. The molecule has 3 aliphatic heterocycles. The van der Waals surface area contributed by atoms with Crippen molar-refractivity contribution in [3.05, 3.63) is 28.7 Å². The molecule has 0 unspecified atom stereocenters. The Hall–Kier alpha value is -0.390. The molecule has 3 fully saturated rings. The minimum Gasteiger partial charge on any atom is -0.303 e. The number of rotatable bonds is 4. The second-order valence-corrected chi connectivity index (χ2v) is 9.02. The predicted octanol–water partition coefficient (Wildman–Crippen LogP) is 3.10. The van der Waals surface area contributed by atoms with Crippen LogP contribution >= 0.6 is 15.9 Å². The third-order valence-electron chi connectivity index (χ3n) is 4.95. The molecule has 4 rings (SSSR count). The van der Waals surface area contributed by atoms with Crippen LogP contribution in [0.15, 0.2) is 33.6 Å². The Morgan fingerprint density at radius 3 is 2.30 bits per heavy atom. The molecule has 0 saturated carbocycles. The van der Waals surface area contributed by atoms with Crippen LogP contribution < -0.4 is 0 Å². The number of sulfone groups is 1. The van der Waals surface area contributed by atoms with Crippen LogP contribution in [0.25, 0.3) is 0 Å². The third-order valence-corrected chi connectivity index (χ3v) is 7.67. The summed E-state index contributed by atoms with van der Waals surface area (Å²) in [7, 11) is -3.18. The smallest absolute Gasteiger partial charge is 0.179 e. The van der Waals surface area contributed by atoms with Crippen molar-refractivity contribution in [3.8, 4) is 0 Å². The zero-order valence-electron chi connectivity index (χ0n) is 11.5. The highest BCUT2D eigenvalue weighted by Crippen LogP contribution is 2.43. The Kier molecular flexibility index (Phi) is 3.95. The van der Waals surface area contributed by atoms with E-state index in [1.54, 1.807) is 18.2 Å². The lowest BCUT2D eigenvalue weighted by molar-refractivity contribution is 0.0241. The molecule has 20 heavy (non-hydrogen) atoms. The first-order valence-electron chi connectivity index (χ1n) is 7.21. The molecule has 0 amide bonds. The fraction of sp³-hybridized carbons (Fsp3) is 0.600. The summed E-state index contributed by atoms with van der Waals surface area (Å²) in [5.74, 6) is 0.273. The molecular formula is C15H20BrNO2S. The quantitative estimate of drug-likeness (QED) is 0.830. The molecule has 0 aliphatic carbocycles. The van der Waals surface area contributed by atoms with E-state index >= 15 is 0 Å². The van der Waals surface area contributed by atoms with Gasteiger partial charge in [0.05, 0.1) is 10.6 Å². The van der Waals surface area contributed by atoms with Crippen LogP contribution in [-0.2, 0) is 9.84 Å². The second kappa shape index (κ2) is 5.43. The maximum absolute atomic E-state index is 12.5. The average molecular weight is 358 g/mol. The van der Waals surface area contributed by atoms with Crippen molar-refractivity contribution in [2.75, 3.05) is 25.4 Å².